The summed E-state index contributed by atoms with van der Waals surface area (Å²) < 4.78 is 0. The normalized spacial score (nSPS) is 31.4. The van der Waals surface area contributed by atoms with Crippen LogP contribution in [0.4, 0.5) is 0 Å². The zero-order valence-electron chi connectivity index (χ0n) is 14.1. The molecule has 3 heterocycles. The van der Waals surface area contributed by atoms with Crippen LogP contribution in [0.3, 0.4) is 0 Å². The number of amidine groups is 1. The predicted octanol–water partition coefficient (Wildman–Crippen LogP) is 2.43. The topological polar surface area (TPSA) is 60.7 Å². The highest BCUT2D eigenvalue weighted by Crippen LogP contribution is 2.29. The molecule has 0 aromatic carbocycles. The van der Waals surface area contributed by atoms with Gasteiger partial charge in [-0.3, -0.25) is 4.99 Å². The summed E-state index contributed by atoms with van der Waals surface area (Å²) in [7, 11) is 0. The highest BCUT2D eigenvalue weighted by molar-refractivity contribution is 5.98. The smallest absolute Gasteiger partial charge is 0.171 e. The molecule has 3 aliphatic heterocycles. The Hall–Kier alpha value is -2.24. The van der Waals surface area contributed by atoms with Gasteiger partial charge in [-0.2, -0.15) is 0 Å². The number of aliphatic hydroxyl groups is 1. The van der Waals surface area contributed by atoms with Crippen molar-refractivity contribution in [1.29, 1.82) is 0 Å². The molecule has 1 fully saturated rings. The van der Waals surface area contributed by atoms with Crippen molar-refractivity contribution >= 4 is 12.2 Å². The Morgan fingerprint density at radius 3 is 3.08 bits per heavy atom. The first-order chi connectivity index (χ1) is 11.7. The van der Waals surface area contributed by atoms with E-state index in [1.807, 2.05) is 17.3 Å². The molecule has 1 aliphatic carbocycles. The minimum atomic E-state index is 0.199. The highest BCUT2D eigenvalue weighted by Gasteiger charge is 2.27. The van der Waals surface area contributed by atoms with Gasteiger partial charge >= 0.3 is 0 Å². The summed E-state index contributed by atoms with van der Waals surface area (Å²) >= 11 is 0. The van der Waals surface area contributed by atoms with E-state index in [0.29, 0.717) is 12.4 Å². The van der Waals surface area contributed by atoms with Crippen LogP contribution in [0.15, 0.2) is 45.4 Å². The molecule has 0 aromatic rings. The molecule has 0 aromatic heterocycles. The third-order valence-electron chi connectivity index (χ3n) is 4.93. The van der Waals surface area contributed by atoms with E-state index in [1.54, 1.807) is 0 Å². The zero-order valence-corrected chi connectivity index (χ0v) is 14.1. The van der Waals surface area contributed by atoms with Gasteiger partial charge in [0, 0.05) is 19.0 Å². The van der Waals surface area contributed by atoms with Crippen LogP contribution >= 0.6 is 0 Å². The maximum Gasteiger partial charge on any atom is 0.171 e. The number of nitrogens with zero attached hydrogens (tertiary/aromatic N) is 4. The van der Waals surface area contributed by atoms with Gasteiger partial charge < -0.3 is 19.7 Å². The molecule has 2 atom stereocenters. The number of fused-ring (bicyclic) bond motifs is 1. The predicted molar refractivity (Wildman–Crippen MR) is 93.8 cm³/mol. The monoisotopic (exact) mass is 328 g/mol. The summed E-state index contributed by atoms with van der Waals surface area (Å²) in [6.45, 7) is 5.55. The standard InChI is InChI=1S/C18H24N4O2/c1-13-11-22(12-19-13)16-5-4-14(10-17(16)23)9-15-3-2-6-21-7-8-24-20-18(15)21/h5,9-10,12-14,23H,2-4,6-8,11H2,1H3/b15-9+. The number of aliphatic imine (C=N–C) groups is 1. The number of allylic oxidation sites excluding steroid dienone is 3. The van der Waals surface area contributed by atoms with Gasteiger partial charge in [-0.15, -0.1) is 0 Å². The van der Waals surface area contributed by atoms with E-state index in [0.717, 1.165) is 50.4 Å². The summed E-state index contributed by atoms with van der Waals surface area (Å²) in [6.07, 6.45) is 11.2. The average Bonchev–Trinajstić information content (AvgIpc) is 3.01. The van der Waals surface area contributed by atoms with Gasteiger partial charge in [-0.05, 0) is 37.8 Å². The summed E-state index contributed by atoms with van der Waals surface area (Å²) in [5.41, 5.74) is 2.12. The molecule has 128 valence electrons. The van der Waals surface area contributed by atoms with Gasteiger partial charge in [-0.1, -0.05) is 17.3 Å². The first-order valence-corrected chi connectivity index (χ1v) is 8.78. The van der Waals surface area contributed by atoms with Crippen LogP contribution in [0.25, 0.3) is 0 Å². The lowest BCUT2D eigenvalue weighted by molar-refractivity contribution is 0.0992. The van der Waals surface area contributed by atoms with Crippen LogP contribution in [0.2, 0.25) is 0 Å². The van der Waals surface area contributed by atoms with Gasteiger partial charge in [0.25, 0.3) is 0 Å². The van der Waals surface area contributed by atoms with Crippen LogP contribution in [-0.4, -0.2) is 59.4 Å². The number of hydrogen-bond acceptors (Lipinski definition) is 6. The molecule has 2 unspecified atom stereocenters. The second-order valence-corrected chi connectivity index (χ2v) is 6.84. The number of hydrogen-bond donors (Lipinski definition) is 1. The lowest BCUT2D eigenvalue weighted by Gasteiger charge is -2.34. The fourth-order valence-electron chi connectivity index (χ4n) is 3.71. The number of piperidine rings is 1. The van der Waals surface area contributed by atoms with Crippen molar-refractivity contribution in [2.75, 3.05) is 26.2 Å². The molecule has 24 heavy (non-hydrogen) atoms. The SMILES string of the molecule is CC1CN(C2=CCC(/C=C3\CCCN4CCON=C34)C=C2O)C=N1. The number of aliphatic hydroxyl groups excluding tert-OH is 1. The molecule has 0 saturated carbocycles. The van der Waals surface area contributed by atoms with Gasteiger partial charge in [-0.25, -0.2) is 0 Å². The van der Waals surface area contributed by atoms with Crippen molar-refractivity contribution in [2.45, 2.75) is 32.2 Å². The van der Waals surface area contributed by atoms with Crippen LogP contribution in [0.1, 0.15) is 26.2 Å². The number of rotatable bonds is 2. The Balaban J connectivity index is 1.50. The highest BCUT2D eigenvalue weighted by atomic mass is 16.6. The van der Waals surface area contributed by atoms with E-state index in [4.69, 9.17) is 4.84 Å². The molecule has 0 radical (unpaired) electrons. The van der Waals surface area contributed by atoms with Gasteiger partial charge in [0.2, 0.25) is 0 Å². The molecule has 0 bridgehead atoms. The Kier molecular flexibility index (Phi) is 4.04. The fourth-order valence-corrected chi connectivity index (χ4v) is 3.71. The fraction of sp³-hybridized carbons (Fsp3) is 0.556. The molecule has 1 N–H and O–H groups in total. The van der Waals surface area contributed by atoms with Gasteiger partial charge in [0.15, 0.2) is 5.84 Å². The van der Waals surface area contributed by atoms with Crippen molar-refractivity contribution in [2.24, 2.45) is 16.1 Å². The average molecular weight is 328 g/mol. The molecule has 6 nitrogen and oxygen atoms in total. The third kappa shape index (κ3) is 2.92. The quantitative estimate of drug-likeness (QED) is 0.846. The van der Waals surface area contributed by atoms with Crippen LogP contribution in [-0.2, 0) is 4.84 Å². The molecule has 0 amide bonds. The zero-order chi connectivity index (χ0) is 16.5. The molecule has 1 saturated heterocycles. The van der Waals surface area contributed by atoms with Crippen molar-refractivity contribution in [3.63, 3.8) is 0 Å². The van der Waals surface area contributed by atoms with E-state index in [2.05, 4.69) is 34.1 Å². The minimum absolute atomic E-state index is 0.199. The van der Waals surface area contributed by atoms with Crippen molar-refractivity contribution in [1.82, 2.24) is 9.80 Å². The Morgan fingerprint density at radius 1 is 1.38 bits per heavy atom. The van der Waals surface area contributed by atoms with Crippen LogP contribution < -0.4 is 0 Å². The molecular formula is C18H24N4O2. The molecule has 4 aliphatic rings. The molecule has 6 heteroatoms. The van der Waals surface area contributed by atoms with Crippen LogP contribution in [0.5, 0.6) is 0 Å². The lowest BCUT2D eigenvalue weighted by Crippen LogP contribution is -2.42. The van der Waals surface area contributed by atoms with Crippen LogP contribution in [0, 0.1) is 5.92 Å². The first kappa shape index (κ1) is 15.3. The van der Waals surface area contributed by atoms with Crippen molar-refractivity contribution < 1.29 is 9.94 Å². The van der Waals surface area contributed by atoms with E-state index in [1.165, 1.54) is 5.57 Å². The lowest BCUT2D eigenvalue weighted by atomic mass is 9.92. The maximum absolute atomic E-state index is 10.4. The largest absolute Gasteiger partial charge is 0.506 e. The maximum atomic E-state index is 10.4. The van der Waals surface area contributed by atoms with Gasteiger partial charge in [0.1, 0.15) is 12.4 Å². The summed E-state index contributed by atoms with van der Waals surface area (Å²) in [5, 5.41) is 14.7. The minimum Gasteiger partial charge on any atom is -0.506 e. The first-order valence-electron chi connectivity index (χ1n) is 8.78. The Morgan fingerprint density at radius 2 is 2.29 bits per heavy atom. The molecular weight excluding hydrogens is 304 g/mol. The van der Waals surface area contributed by atoms with Crippen molar-refractivity contribution in [3.05, 3.63) is 35.3 Å². The summed E-state index contributed by atoms with van der Waals surface area (Å²) in [6, 6.07) is 0.288. The molecule has 0 spiro atoms. The third-order valence-corrected chi connectivity index (χ3v) is 4.93. The second kappa shape index (κ2) is 6.34. The second-order valence-electron chi connectivity index (χ2n) is 6.84. The Labute approximate surface area is 142 Å². The summed E-state index contributed by atoms with van der Waals surface area (Å²) in [4.78, 5) is 14.0. The molecule has 4 rings (SSSR count). The van der Waals surface area contributed by atoms with E-state index >= 15 is 0 Å². The van der Waals surface area contributed by atoms with Crippen molar-refractivity contribution in [3.8, 4) is 0 Å². The van der Waals surface area contributed by atoms with E-state index in [-0.39, 0.29) is 12.0 Å². The van der Waals surface area contributed by atoms with Gasteiger partial charge in [0.05, 0.1) is 24.6 Å². The van der Waals surface area contributed by atoms with E-state index < -0.39 is 0 Å². The Bertz CT molecular complexity index is 662. The summed E-state index contributed by atoms with van der Waals surface area (Å²) in [5.74, 6) is 1.53. The van der Waals surface area contributed by atoms with E-state index in [9.17, 15) is 5.11 Å². The number of oxime groups is 1.